The first-order valence-corrected chi connectivity index (χ1v) is 7.92. The van der Waals surface area contributed by atoms with Crippen molar-refractivity contribution in [2.24, 2.45) is 0 Å². The van der Waals surface area contributed by atoms with Crippen LogP contribution >= 0.6 is 0 Å². The molecular formula is C18H16N2O5. The van der Waals surface area contributed by atoms with Crippen molar-refractivity contribution in [1.82, 2.24) is 9.97 Å². The molecule has 0 radical (unpaired) electrons. The lowest BCUT2D eigenvalue weighted by atomic mass is 10.2. The fraction of sp³-hybridized carbons (Fsp3) is 0.278. The number of nitrogens with zero attached hydrogens (tertiary/aromatic N) is 2. The highest BCUT2D eigenvalue weighted by Crippen LogP contribution is 2.28. The van der Waals surface area contributed by atoms with Gasteiger partial charge in [0.15, 0.2) is 5.58 Å². The van der Waals surface area contributed by atoms with Crippen LogP contribution in [0, 0.1) is 0 Å². The summed E-state index contributed by atoms with van der Waals surface area (Å²) in [4.78, 5) is 20.1. The summed E-state index contributed by atoms with van der Waals surface area (Å²) >= 11 is 0. The van der Waals surface area contributed by atoms with Gasteiger partial charge in [-0.05, 0) is 24.3 Å². The number of oxazole rings is 1. The van der Waals surface area contributed by atoms with Crippen LogP contribution in [0.3, 0.4) is 0 Å². The second-order valence-corrected chi connectivity index (χ2v) is 5.67. The van der Waals surface area contributed by atoms with Crippen LogP contribution in [0.1, 0.15) is 16.9 Å². The van der Waals surface area contributed by atoms with Crippen LogP contribution < -0.4 is 4.74 Å². The highest BCUT2D eigenvalue weighted by atomic mass is 16.5. The smallest absolute Gasteiger partial charge is 0.356 e. The van der Waals surface area contributed by atoms with Gasteiger partial charge in [0.2, 0.25) is 5.89 Å². The minimum atomic E-state index is -0.507. The Labute approximate surface area is 143 Å². The first kappa shape index (κ1) is 15.6. The topological polar surface area (TPSA) is 83.7 Å². The summed E-state index contributed by atoms with van der Waals surface area (Å²) in [5.41, 5.74) is 2.18. The van der Waals surface area contributed by atoms with Crippen molar-refractivity contribution in [3.05, 3.63) is 42.2 Å². The van der Waals surface area contributed by atoms with Crippen molar-refractivity contribution in [1.29, 1.82) is 0 Å². The molecule has 128 valence electrons. The van der Waals surface area contributed by atoms with Gasteiger partial charge in [0.1, 0.15) is 23.1 Å². The van der Waals surface area contributed by atoms with Gasteiger partial charge in [0.05, 0.1) is 20.3 Å². The molecule has 0 amide bonds. The zero-order valence-corrected chi connectivity index (χ0v) is 13.6. The molecule has 1 unspecified atom stereocenters. The van der Waals surface area contributed by atoms with Crippen molar-refractivity contribution in [2.75, 3.05) is 20.3 Å². The fourth-order valence-corrected chi connectivity index (χ4v) is 2.68. The molecule has 3 aromatic rings. The van der Waals surface area contributed by atoms with E-state index in [9.17, 15) is 4.79 Å². The molecule has 7 nitrogen and oxygen atoms in total. The number of hydrogen-bond acceptors (Lipinski definition) is 7. The molecule has 2 aromatic heterocycles. The molecule has 4 rings (SSSR count). The van der Waals surface area contributed by atoms with Crippen LogP contribution in [0.25, 0.3) is 22.6 Å². The van der Waals surface area contributed by atoms with Crippen LogP contribution in [0.5, 0.6) is 5.75 Å². The number of fused-ring (bicyclic) bond motifs is 1. The summed E-state index contributed by atoms with van der Waals surface area (Å²) in [7, 11) is 1.31. The molecule has 1 atom stereocenters. The number of methoxy groups -OCH3 is 1. The number of hydrogen-bond donors (Lipinski definition) is 0. The zero-order chi connectivity index (χ0) is 17.2. The highest BCUT2D eigenvalue weighted by molar-refractivity contribution is 5.88. The summed E-state index contributed by atoms with van der Waals surface area (Å²) < 4.78 is 21.7. The maximum absolute atomic E-state index is 11.6. The molecule has 1 fully saturated rings. The number of aromatic nitrogens is 2. The van der Waals surface area contributed by atoms with Crippen molar-refractivity contribution < 1.29 is 23.4 Å². The van der Waals surface area contributed by atoms with E-state index in [0.717, 1.165) is 18.8 Å². The zero-order valence-electron chi connectivity index (χ0n) is 13.6. The Hall–Kier alpha value is -2.93. The molecular weight excluding hydrogens is 324 g/mol. The number of rotatable bonds is 4. The van der Waals surface area contributed by atoms with Gasteiger partial charge in [-0.15, -0.1) is 0 Å². The highest BCUT2D eigenvalue weighted by Gasteiger charge is 2.18. The Kier molecular flexibility index (Phi) is 4.07. The molecule has 0 saturated carbocycles. The van der Waals surface area contributed by atoms with Crippen LogP contribution in [0.2, 0.25) is 0 Å². The standard InChI is InChI=1S/C18H16N2O5/c1-22-18(21)15-8-11(4-6-19-15)17-20-14-9-12(2-3-16(14)25-17)24-13-5-7-23-10-13/h2-4,6,8-9,13H,5,7,10H2,1H3. The third-order valence-corrected chi connectivity index (χ3v) is 3.95. The summed E-state index contributed by atoms with van der Waals surface area (Å²) in [5.74, 6) is 0.629. The van der Waals surface area contributed by atoms with Gasteiger partial charge in [0, 0.05) is 24.2 Å². The lowest BCUT2D eigenvalue weighted by molar-refractivity contribution is 0.0594. The summed E-state index contributed by atoms with van der Waals surface area (Å²) in [5, 5.41) is 0. The average molecular weight is 340 g/mol. The van der Waals surface area contributed by atoms with Gasteiger partial charge in [0.25, 0.3) is 0 Å². The predicted octanol–water partition coefficient (Wildman–Crippen LogP) is 2.84. The molecule has 25 heavy (non-hydrogen) atoms. The normalized spacial score (nSPS) is 16.9. The van der Waals surface area contributed by atoms with Gasteiger partial charge < -0.3 is 18.6 Å². The average Bonchev–Trinajstić information content (AvgIpc) is 3.30. The van der Waals surface area contributed by atoms with Gasteiger partial charge in [-0.3, -0.25) is 0 Å². The summed E-state index contributed by atoms with van der Waals surface area (Å²) in [6.07, 6.45) is 2.48. The van der Waals surface area contributed by atoms with E-state index in [1.165, 1.54) is 13.3 Å². The Morgan fingerprint density at radius 2 is 2.20 bits per heavy atom. The van der Waals surface area contributed by atoms with Crippen LogP contribution in [-0.2, 0) is 9.47 Å². The van der Waals surface area contributed by atoms with Crippen molar-refractivity contribution >= 4 is 17.1 Å². The third-order valence-electron chi connectivity index (χ3n) is 3.95. The van der Waals surface area contributed by atoms with E-state index in [2.05, 4.69) is 14.7 Å². The largest absolute Gasteiger partial charge is 0.488 e. The number of esters is 1. The minimum absolute atomic E-state index is 0.0756. The first-order valence-electron chi connectivity index (χ1n) is 7.92. The quantitative estimate of drug-likeness (QED) is 0.675. The second-order valence-electron chi connectivity index (χ2n) is 5.67. The molecule has 0 spiro atoms. The number of benzene rings is 1. The first-order chi connectivity index (χ1) is 12.2. The van der Waals surface area contributed by atoms with Crippen LogP contribution in [-0.4, -0.2) is 42.4 Å². The Morgan fingerprint density at radius 1 is 1.28 bits per heavy atom. The van der Waals surface area contributed by atoms with E-state index in [4.69, 9.17) is 13.9 Å². The van der Waals surface area contributed by atoms with Crippen molar-refractivity contribution in [2.45, 2.75) is 12.5 Å². The maximum Gasteiger partial charge on any atom is 0.356 e. The Bertz CT molecular complexity index is 915. The Morgan fingerprint density at radius 3 is 3.00 bits per heavy atom. The molecule has 1 aromatic carbocycles. The number of pyridine rings is 1. The predicted molar refractivity (Wildman–Crippen MR) is 88.4 cm³/mol. The van der Waals surface area contributed by atoms with E-state index in [0.29, 0.717) is 29.2 Å². The van der Waals surface area contributed by atoms with Gasteiger partial charge >= 0.3 is 5.97 Å². The maximum atomic E-state index is 11.6. The molecule has 1 aliphatic heterocycles. The molecule has 1 saturated heterocycles. The number of ether oxygens (including phenoxy) is 3. The lowest BCUT2D eigenvalue weighted by Crippen LogP contribution is -2.15. The number of carbonyl (C=O) groups is 1. The summed E-state index contributed by atoms with van der Waals surface area (Å²) in [6.45, 7) is 1.33. The minimum Gasteiger partial charge on any atom is -0.488 e. The molecule has 0 N–H and O–H groups in total. The third kappa shape index (κ3) is 3.18. The number of carbonyl (C=O) groups excluding carboxylic acids is 1. The van der Waals surface area contributed by atoms with E-state index in [1.54, 1.807) is 12.1 Å². The van der Waals surface area contributed by atoms with Gasteiger partial charge in [-0.2, -0.15) is 0 Å². The monoisotopic (exact) mass is 340 g/mol. The molecule has 0 aliphatic carbocycles. The van der Waals surface area contributed by atoms with Crippen molar-refractivity contribution in [3.8, 4) is 17.2 Å². The second kappa shape index (κ2) is 6.52. The Balaban J connectivity index is 1.63. The fourth-order valence-electron chi connectivity index (χ4n) is 2.68. The van der Waals surface area contributed by atoms with Crippen LogP contribution in [0.4, 0.5) is 0 Å². The van der Waals surface area contributed by atoms with E-state index >= 15 is 0 Å². The van der Waals surface area contributed by atoms with Crippen LogP contribution in [0.15, 0.2) is 40.9 Å². The SMILES string of the molecule is COC(=O)c1cc(-c2nc3cc(OC4CCOC4)ccc3o2)ccn1. The van der Waals surface area contributed by atoms with Gasteiger partial charge in [-0.25, -0.2) is 14.8 Å². The lowest BCUT2D eigenvalue weighted by Gasteiger charge is -2.10. The molecule has 1 aliphatic rings. The summed E-state index contributed by atoms with van der Waals surface area (Å²) in [6, 6.07) is 8.82. The van der Waals surface area contributed by atoms with E-state index in [-0.39, 0.29) is 11.8 Å². The van der Waals surface area contributed by atoms with E-state index in [1.807, 2.05) is 18.2 Å². The van der Waals surface area contributed by atoms with E-state index < -0.39 is 5.97 Å². The molecule has 0 bridgehead atoms. The van der Waals surface area contributed by atoms with Gasteiger partial charge in [-0.1, -0.05) is 0 Å². The molecule has 3 heterocycles. The molecule has 7 heteroatoms. The van der Waals surface area contributed by atoms with Crippen molar-refractivity contribution in [3.63, 3.8) is 0 Å².